The van der Waals surface area contributed by atoms with E-state index in [4.69, 9.17) is 4.43 Å². The third-order valence-corrected chi connectivity index (χ3v) is 8.79. The van der Waals surface area contributed by atoms with Crippen LogP contribution < -0.4 is 0 Å². The number of hydrogen-bond donors (Lipinski definition) is 0. The van der Waals surface area contributed by atoms with Crippen molar-refractivity contribution in [3.8, 4) is 0 Å². The van der Waals surface area contributed by atoms with E-state index in [1.54, 1.807) is 0 Å². The average molecular weight is 214 g/mol. The maximum Gasteiger partial charge on any atom is 0.192 e. The van der Waals surface area contributed by atoms with Gasteiger partial charge in [-0.2, -0.15) is 0 Å². The van der Waals surface area contributed by atoms with Crippen LogP contribution in [0.4, 0.5) is 0 Å². The minimum atomic E-state index is -1.32. The molecule has 1 aliphatic rings. The molecule has 0 aromatic rings. The Morgan fingerprint density at radius 1 is 1.07 bits per heavy atom. The highest BCUT2D eigenvalue weighted by molar-refractivity contribution is 6.73. The van der Waals surface area contributed by atoms with Crippen molar-refractivity contribution < 1.29 is 4.43 Å². The van der Waals surface area contributed by atoms with E-state index in [9.17, 15) is 0 Å². The van der Waals surface area contributed by atoms with E-state index in [2.05, 4.69) is 27.7 Å². The molecule has 14 heavy (non-hydrogen) atoms. The van der Waals surface area contributed by atoms with Crippen molar-refractivity contribution in [1.82, 2.24) is 0 Å². The van der Waals surface area contributed by atoms with E-state index in [1.807, 2.05) is 0 Å². The van der Waals surface area contributed by atoms with Crippen LogP contribution >= 0.6 is 0 Å². The van der Waals surface area contributed by atoms with Gasteiger partial charge in [-0.25, -0.2) is 0 Å². The SMILES string of the molecule is CC[Si](CC)(CC)OC1CCCC1C. The summed E-state index contributed by atoms with van der Waals surface area (Å²) in [5.41, 5.74) is 0. The summed E-state index contributed by atoms with van der Waals surface area (Å²) in [6.45, 7) is 9.31. The molecule has 0 radical (unpaired) electrons. The van der Waals surface area contributed by atoms with Crippen molar-refractivity contribution in [3.63, 3.8) is 0 Å². The van der Waals surface area contributed by atoms with Crippen LogP contribution in [0.1, 0.15) is 47.0 Å². The fourth-order valence-corrected chi connectivity index (χ4v) is 5.60. The molecule has 1 saturated carbocycles. The zero-order valence-electron chi connectivity index (χ0n) is 10.3. The molecule has 0 saturated heterocycles. The summed E-state index contributed by atoms with van der Waals surface area (Å²) < 4.78 is 6.50. The smallest absolute Gasteiger partial charge is 0.192 e. The third-order valence-electron chi connectivity index (χ3n) is 4.12. The van der Waals surface area contributed by atoms with Gasteiger partial charge in [0.05, 0.1) is 0 Å². The molecule has 0 heterocycles. The van der Waals surface area contributed by atoms with Gasteiger partial charge in [-0.05, 0) is 36.9 Å². The van der Waals surface area contributed by atoms with Gasteiger partial charge in [-0.3, -0.25) is 0 Å². The van der Waals surface area contributed by atoms with Crippen LogP contribution in [0.15, 0.2) is 0 Å². The second kappa shape index (κ2) is 5.31. The number of hydrogen-bond acceptors (Lipinski definition) is 1. The first kappa shape index (κ1) is 12.2. The van der Waals surface area contributed by atoms with Crippen LogP contribution in [0.5, 0.6) is 0 Å². The van der Waals surface area contributed by atoms with Gasteiger partial charge < -0.3 is 4.43 Å². The minimum Gasteiger partial charge on any atom is -0.414 e. The maximum absolute atomic E-state index is 6.50. The summed E-state index contributed by atoms with van der Waals surface area (Å²) >= 11 is 0. The molecule has 84 valence electrons. The second-order valence-electron chi connectivity index (χ2n) is 4.81. The van der Waals surface area contributed by atoms with Crippen LogP contribution in [0.2, 0.25) is 18.1 Å². The highest BCUT2D eigenvalue weighted by atomic mass is 28.4. The zero-order chi connectivity index (χ0) is 10.6. The molecular weight excluding hydrogens is 188 g/mol. The predicted molar refractivity (Wildman–Crippen MR) is 65.1 cm³/mol. The predicted octanol–water partition coefficient (Wildman–Crippen LogP) is 4.20. The molecule has 0 aliphatic heterocycles. The first-order valence-corrected chi connectivity index (χ1v) is 8.88. The van der Waals surface area contributed by atoms with Gasteiger partial charge in [0, 0.05) is 6.10 Å². The van der Waals surface area contributed by atoms with Gasteiger partial charge in [-0.1, -0.05) is 34.1 Å². The van der Waals surface area contributed by atoms with E-state index in [0.29, 0.717) is 6.10 Å². The van der Waals surface area contributed by atoms with Gasteiger partial charge in [0.25, 0.3) is 0 Å². The van der Waals surface area contributed by atoms with Crippen LogP contribution in [-0.2, 0) is 4.43 Å². The molecule has 2 atom stereocenters. The van der Waals surface area contributed by atoms with Gasteiger partial charge in [0.15, 0.2) is 8.32 Å². The normalized spacial score (nSPS) is 28.3. The van der Waals surface area contributed by atoms with Crippen molar-refractivity contribution in [2.45, 2.75) is 71.2 Å². The molecule has 1 nitrogen and oxygen atoms in total. The molecule has 1 aliphatic carbocycles. The van der Waals surface area contributed by atoms with Crippen molar-refractivity contribution >= 4 is 8.32 Å². The van der Waals surface area contributed by atoms with Crippen molar-refractivity contribution in [3.05, 3.63) is 0 Å². The van der Waals surface area contributed by atoms with Gasteiger partial charge >= 0.3 is 0 Å². The Hall–Kier alpha value is 0.177. The molecule has 0 aromatic heterocycles. The minimum absolute atomic E-state index is 0.599. The zero-order valence-corrected chi connectivity index (χ0v) is 11.3. The van der Waals surface area contributed by atoms with Crippen LogP contribution in [0.3, 0.4) is 0 Å². The molecule has 0 N–H and O–H groups in total. The Labute approximate surface area is 90.4 Å². The molecule has 1 rings (SSSR count). The summed E-state index contributed by atoms with van der Waals surface area (Å²) in [6.07, 6.45) is 4.68. The topological polar surface area (TPSA) is 9.23 Å². The Morgan fingerprint density at radius 2 is 1.64 bits per heavy atom. The van der Waals surface area contributed by atoms with Crippen LogP contribution in [0.25, 0.3) is 0 Å². The Morgan fingerprint density at radius 3 is 2.00 bits per heavy atom. The van der Waals surface area contributed by atoms with Gasteiger partial charge in [-0.15, -0.1) is 0 Å². The fraction of sp³-hybridized carbons (Fsp3) is 1.00. The summed E-state index contributed by atoms with van der Waals surface area (Å²) in [6, 6.07) is 3.88. The second-order valence-corrected chi connectivity index (χ2v) is 9.53. The van der Waals surface area contributed by atoms with E-state index in [0.717, 1.165) is 5.92 Å². The third kappa shape index (κ3) is 2.60. The van der Waals surface area contributed by atoms with Gasteiger partial charge in [0.2, 0.25) is 0 Å². The largest absolute Gasteiger partial charge is 0.414 e. The number of rotatable bonds is 5. The van der Waals surface area contributed by atoms with Gasteiger partial charge in [0.1, 0.15) is 0 Å². The molecular formula is C12H26OSi. The first-order chi connectivity index (χ1) is 6.67. The van der Waals surface area contributed by atoms with Crippen molar-refractivity contribution in [2.75, 3.05) is 0 Å². The monoisotopic (exact) mass is 214 g/mol. The lowest BCUT2D eigenvalue weighted by atomic mass is 10.1. The maximum atomic E-state index is 6.50. The van der Waals surface area contributed by atoms with Crippen LogP contribution in [0, 0.1) is 5.92 Å². The van der Waals surface area contributed by atoms with Crippen molar-refractivity contribution in [1.29, 1.82) is 0 Å². The first-order valence-electron chi connectivity index (χ1n) is 6.35. The highest BCUT2D eigenvalue weighted by Crippen LogP contribution is 2.33. The van der Waals surface area contributed by atoms with Crippen molar-refractivity contribution in [2.24, 2.45) is 5.92 Å². The lowest BCUT2D eigenvalue weighted by Gasteiger charge is -2.33. The van der Waals surface area contributed by atoms with E-state index in [1.165, 1.54) is 37.4 Å². The summed E-state index contributed by atoms with van der Waals surface area (Å²) in [5.74, 6) is 0.812. The molecule has 2 heteroatoms. The summed E-state index contributed by atoms with van der Waals surface area (Å²) in [4.78, 5) is 0. The summed E-state index contributed by atoms with van der Waals surface area (Å²) in [7, 11) is -1.32. The standard InChI is InChI=1S/C12H26OSi/c1-5-14(6-2,7-3)13-12-10-8-9-11(12)4/h11-12H,5-10H2,1-4H3. The molecule has 0 amide bonds. The molecule has 0 spiro atoms. The van der Waals surface area contributed by atoms with E-state index >= 15 is 0 Å². The lowest BCUT2D eigenvalue weighted by Crippen LogP contribution is -2.40. The molecule has 2 unspecified atom stereocenters. The fourth-order valence-electron chi connectivity index (χ4n) is 2.61. The summed E-state index contributed by atoms with van der Waals surface area (Å²) in [5, 5.41) is 0. The average Bonchev–Trinajstić information content (AvgIpc) is 2.61. The Kier molecular flexibility index (Phi) is 4.65. The Balaban J connectivity index is 2.54. The quantitative estimate of drug-likeness (QED) is 0.623. The van der Waals surface area contributed by atoms with E-state index in [-0.39, 0.29) is 0 Å². The molecule has 1 fully saturated rings. The lowest BCUT2D eigenvalue weighted by molar-refractivity contribution is 0.153. The van der Waals surface area contributed by atoms with E-state index < -0.39 is 8.32 Å². The molecule has 0 bridgehead atoms. The highest BCUT2D eigenvalue weighted by Gasteiger charge is 2.35. The van der Waals surface area contributed by atoms with Crippen LogP contribution in [-0.4, -0.2) is 14.4 Å². The molecule has 0 aromatic carbocycles. The Bertz CT molecular complexity index is 157.